The minimum atomic E-state index is -5.93. The van der Waals surface area contributed by atoms with Crippen LogP contribution in [-0.4, -0.2) is 27.8 Å². The van der Waals surface area contributed by atoms with Crippen molar-refractivity contribution in [3.63, 3.8) is 0 Å². The Morgan fingerprint density at radius 3 is 2.24 bits per heavy atom. The number of rotatable bonds is 2. The SMILES string of the molecule is Cc1cc(NC(=O)C(F)(F)C(F)(F)F)n(C)n1. The van der Waals surface area contributed by atoms with Crippen LogP contribution < -0.4 is 5.32 Å². The number of halogens is 5. The van der Waals surface area contributed by atoms with E-state index in [-0.39, 0.29) is 5.82 Å². The monoisotopic (exact) mass is 257 g/mol. The van der Waals surface area contributed by atoms with E-state index in [4.69, 9.17) is 0 Å². The number of carbonyl (C=O) groups excluding carboxylic acids is 1. The van der Waals surface area contributed by atoms with E-state index in [2.05, 4.69) is 5.10 Å². The first-order chi connectivity index (χ1) is 7.55. The maximum absolute atomic E-state index is 12.6. The molecular weight excluding hydrogens is 249 g/mol. The number of hydrogen-bond donors (Lipinski definition) is 1. The van der Waals surface area contributed by atoms with E-state index in [1.807, 2.05) is 0 Å². The summed E-state index contributed by atoms with van der Waals surface area (Å²) < 4.78 is 61.7. The Bertz CT molecular complexity index is 437. The highest BCUT2D eigenvalue weighted by Crippen LogP contribution is 2.36. The molecule has 0 saturated heterocycles. The second kappa shape index (κ2) is 3.97. The minimum absolute atomic E-state index is 0.239. The van der Waals surface area contributed by atoms with Crippen molar-refractivity contribution in [2.45, 2.75) is 19.0 Å². The maximum atomic E-state index is 12.6. The third-order valence-corrected chi connectivity index (χ3v) is 1.88. The van der Waals surface area contributed by atoms with Crippen molar-refractivity contribution in [3.05, 3.63) is 11.8 Å². The standard InChI is InChI=1S/C8H8F5N3O/c1-4-3-5(16(2)15-4)14-6(17)7(9,10)8(11,12)13/h3H,1-2H3,(H,14,17). The van der Waals surface area contributed by atoms with Gasteiger partial charge in [0.1, 0.15) is 5.82 Å². The maximum Gasteiger partial charge on any atom is 0.463 e. The van der Waals surface area contributed by atoms with Gasteiger partial charge in [0.2, 0.25) is 0 Å². The van der Waals surface area contributed by atoms with Crippen LogP contribution in [0.2, 0.25) is 0 Å². The molecule has 0 aliphatic carbocycles. The Morgan fingerprint density at radius 1 is 1.35 bits per heavy atom. The van der Waals surface area contributed by atoms with Gasteiger partial charge in [-0.25, -0.2) is 0 Å². The summed E-state index contributed by atoms with van der Waals surface area (Å²) in [7, 11) is 1.30. The topological polar surface area (TPSA) is 46.9 Å². The molecule has 96 valence electrons. The van der Waals surface area contributed by atoms with Crippen molar-refractivity contribution in [1.29, 1.82) is 0 Å². The summed E-state index contributed by atoms with van der Waals surface area (Å²) in [5.41, 5.74) is 0.373. The largest absolute Gasteiger partial charge is 0.463 e. The summed E-state index contributed by atoms with van der Waals surface area (Å²) in [6.07, 6.45) is -5.93. The van der Waals surface area contributed by atoms with Crippen molar-refractivity contribution < 1.29 is 26.7 Å². The fraction of sp³-hybridized carbons (Fsp3) is 0.500. The van der Waals surface area contributed by atoms with E-state index in [9.17, 15) is 26.7 Å². The molecule has 0 aliphatic rings. The Labute approximate surface area is 92.4 Å². The number of hydrogen-bond acceptors (Lipinski definition) is 2. The zero-order chi connectivity index (χ0) is 13.4. The van der Waals surface area contributed by atoms with Gasteiger partial charge < -0.3 is 5.32 Å². The summed E-state index contributed by atoms with van der Waals surface area (Å²) in [6.45, 7) is 1.50. The number of carbonyl (C=O) groups is 1. The molecule has 0 atom stereocenters. The van der Waals surface area contributed by atoms with Gasteiger partial charge in [-0.15, -0.1) is 0 Å². The van der Waals surface area contributed by atoms with Gasteiger partial charge in [0.05, 0.1) is 5.69 Å². The molecule has 0 radical (unpaired) electrons. The molecule has 1 heterocycles. The number of amides is 1. The van der Waals surface area contributed by atoms with Gasteiger partial charge in [0.15, 0.2) is 0 Å². The van der Waals surface area contributed by atoms with Crippen molar-refractivity contribution in [2.75, 3.05) is 5.32 Å². The predicted molar refractivity (Wildman–Crippen MR) is 47.6 cm³/mol. The summed E-state index contributed by atoms with van der Waals surface area (Å²) in [6, 6.07) is 1.17. The third-order valence-electron chi connectivity index (χ3n) is 1.88. The lowest BCUT2D eigenvalue weighted by Gasteiger charge is -2.18. The molecule has 1 N–H and O–H groups in total. The average Bonchev–Trinajstić information content (AvgIpc) is 2.43. The van der Waals surface area contributed by atoms with Crippen molar-refractivity contribution in [1.82, 2.24) is 9.78 Å². The molecular formula is C8H8F5N3O. The number of nitrogens with one attached hydrogen (secondary N) is 1. The molecule has 17 heavy (non-hydrogen) atoms. The first-order valence-corrected chi connectivity index (χ1v) is 4.32. The molecule has 0 fully saturated rings. The van der Waals surface area contributed by atoms with E-state index >= 15 is 0 Å². The lowest BCUT2D eigenvalue weighted by Crippen LogP contribution is -2.47. The van der Waals surface area contributed by atoms with E-state index in [0.717, 1.165) is 4.68 Å². The summed E-state index contributed by atoms with van der Waals surface area (Å²) in [5, 5.41) is 5.15. The van der Waals surface area contributed by atoms with E-state index < -0.39 is 18.0 Å². The first-order valence-electron chi connectivity index (χ1n) is 4.32. The zero-order valence-electron chi connectivity index (χ0n) is 8.77. The van der Waals surface area contributed by atoms with Gasteiger partial charge in [0, 0.05) is 13.1 Å². The molecule has 0 spiro atoms. The van der Waals surface area contributed by atoms with Crippen LogP contribution in [0.5, 0.6) is 0 Å². The third kappa shape index (κ3) is 2.53. The molecule has 9 heteroatoms. The molecule has 1 rings (SSSR count). The Hall–Kier alpha value is -1.67. The predicted octanol–water partition coefficient (Wildman–Crippen LogP) is 1.86. The summed E-state index contributed by atoms with van der Waals surface area (Å²) in [5.74, 6) is -8.12. The molecule has 0 aliphatic heterocycles. The molecule has 0 saturated carbocycles. The Morgan fingerprint density at radius 2 is 1.88 bits per heavy atom. The van der Waals surface area contributed by atoms with Gasteiger partial charge in [-0.3, -0.25) is 9.48 Å². The molecule has 4 nitrogen and oxygen atoms in total. The van der Waals surface area contributed by atoms with Gasteiger partial charge >= 0.3 is 18.0 Å². The van der Waals surface area contributed by atoms with Crippen molar-refractivity contribution >= 4 is 11.7 Å². The van der Waals surface area contributed by atoms with Crippen LogP contribution in [0.1, 0.15) is 5.69 Å². The lowest BCUT2D eigenvalue weighted by atomic mass is 10.3. The normalized spacial score (nSPS) is 12.6. The molecule has 1 amide bonds. The number of aryl methyl sites for hydroxylation is 2. The van der Waals surface area contributed by atoms with Gasteiger partial charge in [-0.2, -0.15) is 27.1 Å². The van der Waals surface area contributed by atoms with Crippen LogP contribution in [0.15, 0.2) is 6.07 Å². The van der Waals surface area contributed by atoms with Crippen molar-refractivity contribution in [3.8, 4) is 0 Å². The molecule has 0 aromatic carbocycles. The zero-order valence-corrected chi connectivity index (χ0v) is 8.77. The summed E-state index contributed by atoms with van der Waals surface area (Å²) >= 11 is 0. The number of aromatic nitrogens is 2. The van der Waals surface area contributed by atoms with Crippen LogP contribution in [0.3, 0.4) is 0 Å². The van der Waals surface area contributed by atoms with E-state index in [1.165, 1.54) is 25.4 Å². The number of alkyl halides is 5. The second-order valence-electron chi connectivity index (χ2n) is 3.32. The highest BCUT2D eigenvalue weighted by molar-refractivity contribution is 5.96. The Kier molecular flexibility index (Phi) is 3.13. The smallest absolute Gasteiger partial charge is 0.305 e. The van der Waals surface area contributed by atoms with Crippen LogP contribution in [-0.2, 0) is 11.8 Å². The highest BCUT2D eigenvalue weighted by Gasteiger charge is 2.63. The van der Waals surface area contributed by atoms with E-state index in [0.29, 0.717) is 5.69 Å². The average molecular weight is 257 g/mol. The van der Waals surface area contributed by atoms with Crippen LogP contribution in [0.25, 0.3) is 0 Å². The number of anilines is 1. The highest BCUT2D eigenvalue weighted by atomic mass is 19.4. The molecule has 0 unspecified atom stereocenters. The molecule has 1 aromatic heterocycles. The fourth-order valence-corrected chi connectivity index (χ4v) is 1.05. The lowest BCUT2D eigenvalue weighted by molar-refractivity contribution is -0.267. The second-order valence-corrected chi connectivity index (χ2v) is 3.32. The quantitative estimate of drug-likeness (QED) is 0.822. The van der Waals surface area contributed by atoms with Gasteiger partial charge in [-0.1, -0.05) is 0 Å². The molecule has 0 bridgehead atoms. The van der Waals surface area contributed by atoms with E-state index in [1.54, 1.807) is 0 Å². The van der Waals surface area contributed by atoms with Gasteiger partial charge in [-0.05, 0) is 6.92 Å². The number of nitrogens with zero attached hydrogens (tertiary/aromatic N) is 2. The van der Waals surface area contributed by atoms with Crippen LogP contribution in [0.4, 0.5) is 27.8 Å². The van der Waals surface area contributed by atoms with Crippen LogP contribution >= 0.6 is 0 Å². The minimum Gasteiger partial charge on any atom is -0.305 e. The summed E-state index contributed by atoms with van der Waals surface area (Å²) in [4.78, 5) is 10.8. The first kappa shape index (κ1) is 13.4. The molecule has 1 aromatic rings. The Balaban J connectivity index is 2.90. The van der Waals surface area contributed by atoms with Gasteiger partial charge in [0.25, 0.3) is 0 Å². The van der Waals surface area contributed by atoms with Crippen LogP contribution in [0, 0.1) is 6.92 Å². The fourth-order valence-electron chi connectivity index (χ4n) is 1.05. The van der Waals surface area contributed by atoms with Crippen molar-refractivity contribution in [2.24, 2.45) is 7.05 Å².